The van der Waals surface area contributed by atoms with E-state index in [1.165, 1.54) is 6.21 Å². The van der Waals surface area contributed by atoms with Crippen LogP contribution in [-0.2, 0) is 0 Å². The van der Waals surface area contributed by atoms with Crippen LogP contribution < -0.4 is 11.2 Å². The Bertz CT molecular complexity index is 688. The van der Waals surface area contributed by atoms with Gasteiger partial charge >= 0.3 is 0 Å². The predicted molar refractivity (Wildman–Crippen MR) is 61.7 cm³/mol. The zero-order valence-electron chi connectivity index (χ0n) is 8.94. The van der Waals surface area contributed by atoms with Crippen LogP contribution in [0.25, 0.3) is 11.3 Å². The molecule has 3 heterocycles. The second-order valence-electron chi connectivity index (χ2n) is 3.25. The van der Waals surface area contributed by atoms with E-state index in [2.05, 4.69) is 35.4 Å². The molecule has 3 aromatic rings. The third-order valence-electron chi connectivity index (χ3n) is 2.05. The van der Waals surface area contributed by atoms with Crippen molar-refractivity contribution >= 4 is 29.1 Å². The van der Waals surface area contributed by atoms with Gasteiger partial charge in [0.05, 0.1) is 12.5 Å². The van der Waals surface area contributed by atoms with Crippen molar-refractivity contribution in [2.45, 2.75) is 0 Å². The van der Waals surface area contributed by atoms with E-state index in [-0.39, 0.29) is 22.9 Å². The van der Waals surface area contributed by atoms with Crippen LogP contribution in [0.15, 0.2) is 32.5 Å². The topological polar surface area (TPSA) is 128 Å². The van der Waals surface area contributed by atoms with Crippen molar-refractivity contribution in [3.63, 3.8) is 0 Å². The van der Waals surface area contributed by atoms with Gasteiger partial charge in [0.2, 0.25) is 11.3 Å². The summed E-state index contributed by atoms with van der Waals surface area (Å²) < 4.78 is 9.54. The van der Waals surface area contributed by atoms with E-state index >= 15 is 0 Å². The minimum absolute atomic E-state index is 0.148. The van der Waals surface area contributed by atoms with Crippen LogP contribution in [0.4, 0.5) is 11.6 Å². The lowest BCUT2D eigenvalue weighted by atomic mass is 10.5. The van der Waals surface area contributed by atoms with Crippen LogP contribution in [0.3, 0.4) is 0 Å². The maximum absolute atomic E-state index is 5.66. The van der Waals surface area contributed by atoms with E-state index in [4.69, 9.17) is 10.2 Å². The van der Waals surface area contributed by atoms with Crippen molar-refractivity contribution in [1.29, 1.82) is 0 Å². The highest BCUT2D eigenvalue weighted by molar-refractivity contribution is 5.77. The number of nitrogen functional groups attached to an aromatic ring is 1. The Morgan fingerprint density at radius 3 is 2.89 bits per heavy atom. The number of aromatic nitrogens is 4. The molecule has 0 aliphatic heterocycles. The summed E-state index contributed by atoms with van der Waals surface area (Å²) in [6.07, 6.45) is 3.02. The average Bonchev–Trinajstić information content (AvgIpc) is 3.00. The lowest BCUT2D eigenvalue weighted by Crippen LogP contribution is -2.02. The minimum atomic E-state index is 0.148. The molecule has 3 aromatic heterocycles. The highest BCUT2D eigenvalue weighted by Gasteiger charge is 2.09. The Hall–Kier alpha value is -2.97. The molecule has 0 saturated carbocycles. The van der Waals surface area contributed by atoms with Crippen molar-refractivity contribution in [3.8, 4) is 0 Å². The van der Waals surface area contributed by atoms with E-state index in [9.17, 15) is 0 Å². The molecule has 9 nitrogen and oxygen atoms in total. The van der Waals surface area contributed by atoms with Gasteiger partial charge in [-0.3, -0.25) is 5.43 Å². The Morgan fingerprint density at radius 1 is 1.28 bits per heavy atom. The molecule has 0 amide bonds. The van der Waals surface area contributed by atoms with Gasteiger partial charge < -0.3 is 10.2 Å². The maximum Gasteiger partial charge on any atom is 0.245 e. The van der Waals surface area contributed by atoms with Crippen molar-refractivity contribution in [3.05, 3.63) is 24.2 Å². The normalized spacial score (nSPS) is 11.3. The molecule has 0 spiro atoms. The molecule has 0 saturated heterocycles. The standard InChI is InChI=1S/C9H7N7O2/c10-6-7(13-9-8(12-6)15-18-16-9)14-11-4-5-2-1-3-17-5/h1-4H,(H2,10,12,15)(H,13,14,16)/b11-4+. The summed E-state index contributed by atoms with van der Waals surface area (Å²) in [6.45, 7) is 0. The number of furan rings is 1. The van der Waals surface area contributed by atoms with Crippen LogP contribution >= 0.6 is 0 Å². The number of nitrogens with two attached hydrogens (primary N) is 1. The zero-order chi connectivity index (χ0) is 12.4. The fourth-order valence-corrected chi connectivity index (χ4v) is 1.25. The Labute approximate surface area is 99.7 Å². The summed E-state index contributed by atoms with van der Waals surface area (Å²) in [5.41, 5.74) is 8.79. The number of nitrogens with one attached hydrogen (secondary N) is 1. The lowest BCUT2D eigenvalue weighted by Gasteiger charge is -2.00. The number of hydrogen-bond acceptors (Lipinski definition) is 9. The first kappa shape index (κ1) is 10.2. The average molecular weight is 245 g/mol. The van der Waals surface area contributed by atoms with E-state index < -0.39 is 0 Å². The number of anilines is 2. The molecular weight excluding hydrogens is 238 g/mol. The second-order valence-corrected chi connectivity index (χ2v) is 3.25. The summed E-state index contributed by atoms with van der Waals surface area (Å²) in [5.74, 6) is 1.01. The number of fused-ring (bicyclic) bond motifs is 1. The van der Waals surface area contributed by atoms with Gasteiger partial charge in [-0.15, -0.1) is 0 Å². The van der Waals surface area contributed by atoms with Gasteiger partial charge in [0.1, 0.15) is 5.76 Å². The molecule has 0 atom stereocenters. The molecule has 18 heavy (non-hydrogen) atoms. The van der Waals surface area contributed by atoms with Crippen molar-refractivity contribution in [2.75, 3.05) is 11.2 Å². The highest BCUT2D eigenvalue weighted by Crippen LogP contribution is 2.15. The fourth-order valence-electron chi connectivity index (χ4n) is 1.25. The summed E-state index contributed by atoms with van der Waals surface area (Å²) in [5, 5.41) is 11.0. The molecule has 3 rings (SSSR count). The number of hydrogen-bond donors (Lipinski definition) is 2. The van der Waals surface area contributed by atoms with Crippen LogP contribution in [0.2, 0.25) is 0 Å². The van der Waals surface area contributed by atoms with Gasteiger partial charge in [-0.1, -0.05) is 0 Å². The summed E-state index contributed by atoms with van der Waals surface area (Å²) in [6, 6.07) is 3.51. The smallest absolute Gasteiger partial charge is 0.245 e. The lowest BCUT2D eigenvalue weighted by molar-refractivity contribution is 0.314. The van der Waals surface area contributed by atoms with Crippen molar-refractivity contribution < 1.29 is 9.05 Å². The Balaban J connectivity index is 1.83. The first-order valence-corrected chi connectivity index (χ1v) is 4.91. The van der Waals surface area contributed by atoms with Gasteiger partial charge in [0, 0.05) is 0 Å². The van der Waals surface area contributed by atoms with Crippen LogP contribution in [0.1, 0.15) is 5.76 Å². The van der Waals surface area contributed by atoms with Crippen LogP contribution in [0.5, 0.6) is 0 Å². The summed E-state index contributed by atoms with van der Waals surface area (Å²) in [4.78, 5) is 7.98. The first-order chi connectivity index (χ1) is 8.83. The SMILES string of the molecule is Nc1nc2nonc2nc1N/N=C/c1ccco1. The molecule has 0 unspecified atom stereocenters. The molecular formula is C9H7N7O2. The highest BCUT2D eigenvalue weighted by atomic mass is 16.6. The molecule has 0 aromatic carbocycles. The third kappa shape index (κ3) is 1.84. The van der Waals surface area contributed by atoms with Crippen molar-refractivity contribution in [2.24, 2.45) is 5.10 Å². The number of rotatable bonds is 3. The predicted octanol–water partition coefficient (Wildman–Crippen LogP) is 0.634. The van der Waals surface area contributed by atoms with Gasteiger partial charge in [-0.25, -0.2) is 9.61 Å². The number of hydrazone groups is 1. The van der Waals surface area contributed by atoms with Gasteiger partial charge in [-0.2, -0.15) is 10.1 Å². The van der Waals surface area contributed by atoms with E-state index in [0.717, 1.165) is 0 Å². The third-order valence-corrected chi connectivity index (χ3v) is 2.05. The zero-order valence-corrected chi connectivity index (χ0v) is 8.94. The monoisotopic (exact) mass is 245 g/mol. The summed E-state index contributed by atoms with van der Waals surface area (Å²) >= 11 is 0. The molecule has 0 fully saturated rings. The largest absolute Gasteiger partial charge is 0.463 e. The molecule has 9 heteroatoms. The first-order valence-electron chi connectivity index (χ1n) is 4.91. The molecule has 3 N–H and O–H groups in total. The second kappa shape index (κ2) is 4.13. The maximum atomic E-state index is 5.66. The quantitative estimate of drug-likeness (QED) is 0.508. The van der Waals surface area contributed by atoms with Gasteiger partial charge in [0.15, 0.2) is 11.6 Å². The van der Waals surface area contributed by atoms with Gasteiger partial charge in [0.25, 0.3) is 0 Å². The minimum Gasteiger partial charge on any atom is -0.463 e. The van der Waals surface area contributed by atoms with E-state index in [1.54, 1.807) is 18.4 Å². The Kier molecular flexibility index (Phi) is 2.34. The van der Waals surface area contributed by atoms with Crippen LogP contribution in [0, 0.1) is 0 Å². The molecule has 0 radical (unpaired) electrons. The van der Waals surface area contributed by atoms with Crippen molar-refractivity contribution in [1.82, 2.24) is 20.3 Å². The molecule has 90 valence electrons. The molecule has 0 aliphatic rings. The molecule has 0 aliphatic carbocycles. The van der Waals surface area contributed by atoms with E-state index in [0.29, 0.717) is 5.76 Å². The number of nitrogens with zero attached hydrogens (tertiary/aromatic N) is 5. The van der Waals surface area contributed by atoms with E-state index in [1.807, 2.05) is 0 Å². The molecule has 0 bridgehead atoms. The fraction of sp³-hybridized carbons (Fsp3) is 0. The van der Waals surface area contributed by atoms with Crippen LogP contribution in [-0.4, -0.2) is 26.5 Å². The Morgan fingerprint density at radius 2 is 2.11 bits per heavy atom. The summed E-state index contributed by atoms with van der Waals surface area (Å²) in [7, 11) is 0. The van der Waals surface area contributed by atoms with Gasteiger partial charge in [-0.05, 0) is 22.4 Å².